The Kier molecular flexibility index (Phi) is 7.17. The van der Waals surface area contributed by atoms with Crippen molar-refractivity contribution in [1.82, 2.24) is 14.9 Å². The van der Waals surface area contributed by atoms with Crippen molar-refractivity contribution >= 4 is 33.9 Å². The van der Waals surface area contributed by atoms with Crippen molar-refractivity contribution in [3.63, 3.8) is 0 Å². The van der Waals surface area contributed by atoms with Crippen LogP contribution in [0.5, 0.6) is 5.75 Å². The van der Waals surface area contributed by atoms with Crippen LogP contribution in [0.15, 0.2) is 93.6 Å². The molecule has 0 atom stereocenters. The SMILES string of the molecule is Cc1nnc(SCc2ccc(Br)cc2)n1/N=C/c1cccc(OCc2ccccc2)c1. The van der Waals surface area contributed by atoms with Crippen LogP contribution in [0.2, 0.25) is 0 Å². The molecule has 0 spiro atoms. The van der Waals surface area contributed by atoms with Gasteiger partial charge in [0.05, 0.1) is 6.21 Å². The lowest BCUT2D eigenvalue weighted by Gasteiger charge is -2.07. The molecule has 5 nitrogen and oxygen atoms in total. The Bertz CT molecular complexity index is 1160. The van der Waals surface area contributed by atoms with E-state index in [0.717, 1.165) is 38.1 Å². The summed E-state index contributed by atoms with van der Waals surface area (Å²) in [5, 5.41) is 13.8. The molecule has 0 aliphatic heterocycles. The Hall–Kier alpha value is -2.90. The average molecular weight is 493 g/mol. The van der Waals surface area contributed by atoms with E-state index in [0.29, 0.717) is 6.61 Å². The number of nitrogens with zero attached hydrogens (tertiary/aromatic N) is 4. The van der Waals surface area contributed by atoms with Gasteiger partial charge in [-0.05, 0) is 47.9 Å². The molecule has 4 rings (SSSR count). The summed E-state index contributed by atoms with van der Waals surface area (Å²) >= 11 is 5.07. The molecule has 3 aromatic carbocycles. The molecule has 7 heteroatoms. The van der Waals surface area contributed by atoms with E-state index in [1.54, 1.807) is 22.7 Å². The largest absolute Gasteiger partial charge is 0.489 e. The third-order valence-electron chi connectivity index (χ3n) is 4.48. The van der Waals surface area contributed by atoms with Crippen LogP contribution >= 0.6 is 27.7 Å². The summed E-state index contributed by atoms with van der Waals surface area (Å²) in [6.07, 6.45) is 1.80. The molecular weight excluding hydrogens is 472 g/mol. The summed E-state index contributed by atoms with van der Waals surface area (Å²) in [6.45, 7) is 2.43. The third-order valence-corrected chi connectivity index (χ3v) is 6.00. The number of hydrogen-bond acceptors (Lipinski definition) is 5. The number of ether oxygens (including phenoxy) is 1. The van der Waals surface area contributed by atoms with E-state index in [1.165, 1.54) is 5.56 Å². The zero-order valence-corrected chi connectivity index (χ0v) is 19.4. The molecule has 0 fully saturated rings. The van der Waals surface area contributed by atoms with E-state index in [2.05, 4.69) is 43.4 Å². The maximum atomic E-state index is 5.91. The molecule has 0 saturated heterocycles. The van der Waals surface area contributed by atoms with Gasteiger partial charge in [0.15, 0.2) is 5.82 Å². The number of aryl methyl sites for hydroxylation is 1. The Balaban J connectivity index is 1.42. The van der Waals surface area contributed by atoms with Crippen molar-refractivity contribution in [2.45, 2.75) is 24.4 Å². The van der Waals surface area contributed by atoms with E-state index in [9.17, 15) is 0 Å². The van der Waals surface area contributed by atoms with Crippen molar-refractivity contribution in [3.8, 4) is 5.75 Å². The van der Waals surface area contributed by atoms with Gasteiger partial charge in [-0.3, -0.25) is 0 Å². The molecular formula is C24H21BrN4OS. The van der Waals surface area contributed by atoms with Gasteiger partial charge in [0.1, 0.15) is 12.4 Å². The highest BCUT2D eigenvalue weighted by molar-refractivity contribution is 9.10. The van der Waals surface area contributed by atoms with Crippen LogP contribution in [0, 0.1) is 6.92 Å². The summed E-state index contributed by atoms with van der Waals surface area (Å²) in [5.41, 5.74) is 3.30. The highest BCUT2D eigenvalue weighted by Crippen LogP contribution is 2.23. The van der Waals surface area contributed by atoms with Crippen LogP contribution in [0.4, 0.5) is 0 Å². The maximum Gasteiger partial charge on any atom is 0.212 e. The number of rotatable bonds is 8. The standard InChI is InChI=1S/C24H21BrN4OS/c1-18-27-28-24(31-17-20-10-12-22(25)13-11-20)29(18)26-15-21-8-5-9-23(14-21)30-16-19-6-3-2-4-7-19/h2-15H,16-17H2,1H3/b26-15+. The number of benzene rings is 3. The molecule has 0 N–H and O–H groups in total. The normalized spacial score (nSPS) is 11.2. The molecule has 1 aromatic heterocycles. The third kappa shape index (κ3) is 6.06. The fraction of sp³-hybridized carbons (Fsp3) is 0.125. The van der Waals surface area contributed by atoms with Crippen molar-refractivity contribution in [1.29, 1.82) is 0 Å². The summed E-state index contributed by atoms with van der Waals surface area (Å²) in [7, 11) is 0. The minimum absolute atomic E-state index is 0.531. The van der Waals surface area contributed by atoms with Gasteiger partial charge in [-0.25, -0.2) is 0 Å². The Labute approximate surface area is 194 Å². The van der Waals surface area contributed by atoms with E-state index >= 15 is 0 Å². The predicted octanol–water partition coefficient (Wildman–Crippen LogP) is 6.10. The van der Waals surface area contributed by atoms with Crippen LogP contribution in [-0.4, -0.2) is 21.1 Å². The Morgan fingerprint density at radius 3 is 2.58 bits per heavy atom. The average Bonchev–Trinajstić information content (AvgIpc) is 3.16. The van der Waals surface area contributed by atoms with Gasteiger partial charge >= 0.3 is 0 Å². The minimum Gasteiger partial charge on any atom is -0.489 e. The lowest BCUT2D eigenvalue weighted by molar-refractivity contribution is 0.306. The molecule has 0 bridgehead atoms. The molecule has 0 saturated carbocycles. The monoisotopic (exact) mass is 492 g/mol. The summed E-state index contributed by atoms with van der Waals surface area (Å²) in [5.74, 6) is 2.34. The first kappa shape index (κ1) is 21.3. The molecule has 31 heavy (non-hydrogen) atoms. The van der Waals surface area contributed by atoms with Crippen LogP contribution in [0.3, 0.4) is 0 Å². The van der Waals surface area contributed by atoms with Crippen molar-refractivity contribution < 1.29 is 4.74 Å². The van der Waals surface area contributed by atoms with Crippen molar-refractivity contribution in [2.24, 2.45) is 5.10 Å². The lowest BCUT2D eigenvalue weighted by Crippen LogP contribution is -1.98. The number of hydrogen-bond donors (Lipinski definition) is 0. The van der Waals surface area contributed by atoms with Gasteiger partial charge in [0.2, 0.25) is 5.16 Å². The topological polar surface area (TPSA) is 52.3 Å². The van der Waals surface area contributed by atoms with Crippen LogP contribution < -0.4 is 4.74 Å². The van der Waals surface area contributed by atoms with Gasteiger partial charge in [-0.1, -0.05) is 82.3 Å². The fourth-order valence-corrected chi connectivity index (χ4v) is 3.99. The summed E-state index contributed by atoms with van der Waals surface area (Å²) in [6, 6.07) is 26.3. The number of aromatic nitrogens is 3. The van der Waals surface area contributed by atoms with Crippen molar-refractivity contribution in [2.75, 3.05) is 0 Å². The first-order valence-corrected chi connectivity index (χ1v) is 11.6. The molecule has 0 amide bonds. The minimum atomic E-state index is 0.531. The second kappa shape index (κ2) is 10.4. The number of thioether (sulfide) groups is 1. The molecule has 156 valence electrons. The second-order valence-corrected chi connectivity index (χ2v) is 8.71. The van der Waals surface area contributed by atoms with E-state index in [4.69, 9.17) is 4.74 Å². The zero-order chi connectivity index (χ0) is 21.5. The smallest absolute Gasteiger partial charge is 0.212 e. The fourth-order valence-electron chi connectivity index (χ4n) is 2.84. The maximum absolute atomic E-state index is 5.91. The summed E-state index contributed by atoms with van der Waals surface area (Å²) in [4.78, 5) is 0. The molecule has 0 radical (unpaired) electrons. The quantitative estimate of drug-likeness (QED) is 0.220. The molecule has 0 aliphatic carbocycles. The van der Waals surface area contributed by atoms with Crippen LogP contribution in [-0.2, 0) is 12.4 Å². The zero-order valence-electron chi connectivity index (χ0n) is 17.0. The van der Waals surface area contributed by atoms with E-state index in [-0.39, 0.29) is 0 Å². The highest BCUT2D eigenvalue weighted by Gasteiger charge is 2.09. The van der Waals surface area contributed by atoms with Gasteiger partial charge in [-0.2, -0.15) is 9.78 Å². The van der Waals surface area contributed by atoms with Gasteiger partial charge < -0.3 is 4.74 Å². The highest BCUT2D eigenvalue weighted by atomic mass is 79.9. The first-order chi connectivity index (χ1) is 15.2. The van der Waals surface area contributed by atoms with Crippen LogP contribution in [0.25, 0.3) is 0 Å². The Morgan fingerprint density at radius 2 is 1.77 bits per heavy atom. The first-order valence-electron chi connectivity index (χ1n) is 9.78. The van der Waals surface area contributed by atoms with Crippen molar-refractivity contribution in [3.05, 3.63) is 106 Å². The molecule has 0 aliphatic rings. The van der Waals surface area contributed by atoms with Gasteiger partial charge in [0, 0.05) is 10.2 Å². The van der Waals surface area contributed by atoms with Crippen LogP contribution in [0.1, 0.15) is 22.5 Å². The van der Waals surface area contributed by atoms with Gasteiger partial charge in [0.25, 0.3) is 0 Å². The second-order valence-electron chi connectivity index (χ2n) is 6.85. The van der Waals surface area contributed by atoms with E-state index in [1.807, 2.05) is 73.7 Å². The Morgan fingerprint density at radius 1 is 0.968 bits per heavy atom. The lowest BCUT2D eigenvalue weighted by atomic mass is 10.2. The summed E-state index contributed by atoms with van der Waals surface area (Å²) < 4.78 is 8.75. The number of halogens is 1. The van der Waals surface area contributed by atoms with E-state index < -0.39 is 0 Å². The molecule has 0 unspecified atom stereocenters. The predicted molar refractivity (Wildman–Crippen MR) is 129 cm³/mol. The molecule has 1 heterocycles. The van der Waals surface area contributed by atoms with Gasteiger partial charge in [-0.15, -0.1) is 10.2 Å². The molecule has 4 aromatic rings.